The first-order chi connectivity index (χ1) is 10.3. The van der Waals surface area contributed by atoms with Crippen LogP contribution < -0.4 is 10.1 Å². The molecular formula is C17H27NO3. The first-order valence-electron chi connectivity index (χ1n) is 7.91. The summed E-state index contributed by atoms with van der Waals surface area (Å²) >= 11 is 0. The molecule has 0 atom stereocenters. The molecule has 0 aliphatic rings. The van der Waals surface area contributed by atoms with Crippen LogP contribution in [-0.2, 0) is 4.74 Å². The Morgan fingerprint density at radius 3 is 2.43 bits per heavy atom. The highest BCUT2D eigenvalue weighted by Crippen LogP contribution is 2.08. The van der Waals surface area contributed by atoms with E-state index in [1.807, 2.05) is 18.2 Å². The van der Waals surface area contributed by atoms with E-state index in [0.717, 1.165) is 38.9 Å². The molecule has 1 aromatic carbocycles. The second-order valence-electron chi connectivity index (χ2n) is 5.01. The Labute approximate surface area is 127 Å². The van der Waals surface area contributed by atoms with Gasteiger partial charge in [-0.2, -0.15) is 0 Å². The van der Waals surface area contributed by atoms with Gasteiger partial charge in [-0.05, 0) is 37.8 Å². The molecule has 4 nitrogen and oxygen atoms in total. The van der Waals surface area contributed by atoms with Crippen molar-refractivity contribution in [3.63, 3.8) is 0 Å². The zero-order valence-electron chi connectivity index (χ0n) is 13.0. The number of hydrogen-bond acceptors (Lipinski definition) is 3. The largest absolute Gasteiger partial charge is 0.412 e. The molecule has 0 spiro atoms. The van der Waals surface area contributed by atoms with Crippen LogP contribution >= 0.6 is 0 Å². The maximum Gasteiger partial charge on any atom is 0.412 e. The molecule has 4 heteroatoms. The SMILES string of the molecule is CCCCCOCCCCCNC(=O)Oc1ccccc1. The highest BCUT2D eigenvalue weighted by molar-refractivity contribution is 5.70. The van der Waals surface area contributed by atoms with Crippen LogP contribution in [0, 0.1) is 0 Å². The highest BCUT2D eigenvalue weighted by Gasteiger charge is 2.02. The number of carbonyl (C=O) groups excluding carboxylic acids is 1. The van der Waals surface area contributed by atoms with Crippen molar-refractivity contribution in [3.8, 4) is 5.75 Å². The molecule has 118 valence electrons. The van der Waals surface area contributed by atoms with Gasteiger partial charge in [-0.3, -0.25) is 0 Å². The number of carbonyl (C=O) groups is 1. The Morgan fingerprint density at radius 1 is 1.00 bits per heavy atom. The van der Waals surface area contributed by atoms with E-state index < -0.39 is 6.09 Å². The van der Waals surface area contributed by atoms with Gasteiger partial charge in [0.2, 0.25) is 0 Å². The number of hydrogen-bond donors (Lipinski definition) is 1. The van der Waals surface area contributed by atoms with Crippen molar-refractivity contribution in [2.24, 2.45) is 0 Å². The fourth-order valence-electron chi connectivity index (χ4n) is 1.88. The van der Waals surface area contributed by atoms with Crippen LogP contribution in [-0.4, -0.2) is 25.9 Å². The standard InChI is InChI=1S/C17H27NO3/c1-2-3-9-14-20-15-10-5-8-13-18-17(19)21-16-11-6-4-7-12-16/h4,6-7,11-12H,2-3,5,8-10,13-15H2,1H3,(H,18,19). The minimum Gasteiger partial charge on any atom is -0.410 e. The molecule has 1 amide bonds. The van der Waals surface area contributed by atoms with Crippen molar-refractivity contribution >= 4 is 6.09 Å². The molecule has 0 heterocycles. The number of ether oxygens (including phenoxy) is 2. The monoisotopic (exact) mass is 293 g/mol. The Hall–Kier alpha value is -1.55. The molecule has 0 unspecified atom stereocenters. The molecule has 0 saturated carbocycles. The van der Waals surface area contributed by atoms with Gasteiger partial charge in [0.25, 0.3) is 0 Å². The molecule has 21 heavy (non-hydrogen) atoms. The summed E-state index contributed by atoms with van der Waals surface area (Å²) in [7, 11) is 0. The van der Waals surface area contributed by atoms with Crippen molar-refractivity contribution in [1.82, 2.24) is 5.32 Å². The van der Waals surface area contributed by atoms with Crippen LogP contribution in [0.5, 0.6) is 5.75 Å². The van der Waals surface area contributed by atoms with Gasteiger partial charge in [-0.15, -0.1) is 0 Å². The summed E-state index contributed by atoms with van der Waals surface area (Å²) in [6, 6.07) is 9.08. The van der Waals surface area contributed by atoms with E-state index in [4.69, 9.17) is 9.47 Å². The summed E-state index contributed by atoms with van der Waals surface area (Å²) in [4.78, 5) is 11.5. The number of unbranched alkanes of at least 4 members (excludes halogenated alkanes) is 4. The van der Waals surface area contributed by atoms with Crippen molar-refractivity contribution in [3.05, 3.63) is 30.3 Å². The lowest BCUT2D eigenvalue weighted by Gasteiger charge is -2.06. The van der Waals surface area contributed by atoms with Crippen LogP contribution in [0.25, 0.3) is 0 Å². The zero-order chi connectivity index (χ0) is 15.2. The summed E-state index contributed by atoms with van der Waals surface area (Å²) in [5.74, 6) is 0.565. The molecule has 0 aliphatic heterocycles. The smallest absolute Gasteiger partial charge is 0.410 e. The number of benzene rings is 1. The van der Waals surface area contributed by atoms with E-state index in [9.17, 15) is 4.79 Å². The molecule has 1 N–H and O–H groups in total. The number of rotatable bonds is 11. The Kier molecular flexibility index (Phi) is 10.2. The molecule has 0 aliphatic carbocycles. The van der Waals surface area contributed by atoms with E-state index in [2.05, 4.69) is 12.2 Å². The van der Waals surface area contributed by atoms with Gasteiger partial charge in [0.15, 0.2) is 0 Å². The Morgan fingerprint density at radius 2 is 1.71 bits per heavy atom. The normalized spacial score (nSPS) is 10.3. The van der Waals surface area contributed by atoms with Gasteiger partial charge in [-0.25, -0.2) is 4.79 Å². The first kappa shape index (κ1) is 17.5. The molecule has 0 radical (unpaired) electrons. The molecule has 0 fully saturated rings. The minimum atomic E-state index is -0.392. The van der Waals surface area contributed by atoms with Crippen molar-refractivity contribution in [2.45, 2.75) is 45.4 Å². The summed E-state index contributed by atoms with van der Waals surface area (Å²) in [6.07, 6.45) is 6.28. The first-order valence-corrected chi connectivity index (χ1v) is 7.91. The number of nitrogens with one attached hydrogen (secondary N) is 1. The van der Waals surface area contributed by atoms with Crippen molar-refractivity contribution in [2.75, 3.05) is 19.8 Å². The van der Waals surface area contributed by atoms with Crippen molar-refractivity contribution < 1.29 is 14.3 Å². The number of amides is 1. The van der Waals surface area contributed by atoms with E-state index in [-0.39, 0.29) is 0 Å². The fraction of sp³-hybridized carbons (Fsp3) is 0.588. The average molecular weight is 293 g/mol. The summed E-state index contributed by atoms with van der Waals surface area (Å²) in [5.41, 5.74) is 0. The molecule has 0 saturated heterocycles. The second kappa shape index (κ2) is 12.2. The van der Waals surface area contributed by atoms with Gasteiger partial charge >= 0.3 is 6.09 Å². The average Bonchev–Trinajstić information content (AvgIpc) is 2.50. The van der Waals surface area contributed by atoms with E-state index >= 15 is 0 Å². The second-order valence-corrected chi connectivity index (χ2v) is 5.01. The van der Waals surface area contributed by atoms with Gasteiger partial charge in [-0.1, -0.05) is 38.0 Å². The summed E-state index contributed by atoms with van der Waals surface area (Å²) in [6.45, 7) is 4.52. The zero-order valence-corrected chi connectivity index (χ0v) is 13.0. The van der Waals surface area contributed by atoms with Gasteiger partial charge < -0.3 is 14.8 Å². The van der Waals surface area contributed by atoms with Crippen molar-refractivity contribution in [1.29, 1.82) is 0 Å². The number of para-hydroxylation sites is 1. The minimum absolute atomic E-state index is 0.392. The summed E-state index contributed by atoms with van der Waals surface area (Å²) < 4.78 is 10.7. The Bertz CT molecular complexity index is 368. The van der Waals surface area contributed by atoms with Gasteiger partial charge in [0, 0.05) is 19.8 Å². The quantitative estimate of drug-likeness (QED) is 0.623. The fourth-order valence-corrected chi connectivity index (χ4v) is 1.88. The third-order valence-corrected chi connectivity index (χ3v) is 3.08. The van der Waals surface area contributed by atoms with Crippen LogP contribution in [0.4, 0.5) is 4.79 Å². The molecular weight excluding hydrogens is 266 g/mol. The lowest BCUT2D eigenvalue weighted by Crippen LogP contribution is -2.27. The molecule has 0 aromatic heterocycles. The van der Waals surface area contributed by atoms with Gasteiger partial charge in [0.05, 0.1) is 0 Å². The van der Waals surface area contributed by atoms with Crippen LogP contribution in [0.3, 0.4) is 0 Å². The maximum absolute atomic E-state index is 11.5. The van der Waals surface area contributed by atoms with Crippen LogP contribution in [0.2, 0.25) is 0 Å². The highest BCUT2D eigenvalue weighted by atomic mass is 16.6. The summed E-state index contributed by atoms with van der Waals surface area (Å²) in [5, 5.41) is 2.75. The van der Waals surface area contributed by atoms with Crippen LogP contribution in [0.1, 0.15) is 45.4 Å². The predicted molar refractivity (Wildman–Crippen MR) is 84.7 cm³/mol. The topological polar surface area (TPSA) is 47.6 Å². The predicted octanol–water partition coefficient (Wildman–Crippen LogP) is 4.15. The van der Waals surface area contributed by atoms with E-state index in [1.54, 1.807) is 12.1 Å². The van der Waals surface area contributed by atoms with E-state index in [0.29, 0.717) is 12.3 Å². The molecule has 1 aromatic rings. The maximum atomic E-state index is 11.5. The lowest BCUT2D eigenvalue weighted by atomic mass is 10.2. The lowest BCUT2D eigenvalue weighted by molar-refractivity contribution is 0.126. The van der Waals surface area contributed by atoms with Gasteiger partial charge in [0.1, 0.15) is 5.75 Å². The molecule has 1 rings (SSSR count). The van der Waals surface area contributed by atoms with E-state index in [1.165, 1.54) is 12.8 Å². The van der Waals surface area contributed by atoms with Crippen LogP contribution in [0.15, 0.2) is 30.3 Å². The molecule has 0 bridgehead atoms. The Balaban J connectivity index is 1.89. The third-order valence-electron chi connectivity index (χ3n) is 3.08. The third kappa shape index (κ3) is 9.91.